The van der Waals surface area contributed by atoms with E-state index in [0.29, 0.717) is 0 Å². The van der Waals surface area contributed by atoms with E-state index >= 15 is 0 Å². The van der Waals surface area contributed by atoms with Crippen LogP contribution in [-0.4, -0.2) is 6.61 Å². The van der Waals surface area contributed by atoms with Crippen LogP contribution in [0.5, 0.6) is 0 Å². The quantitative estimate of drug-likeness (QED) is 0.884. The lowest BCUT2D eigenvalue weighted by molar-refractivity contribution is 0.176. The van der Waals surface area contributed by atoms with Crippen LogP contribution in [0.25, 0.3) is 9.40 Å². The second-order valence-electron chi connectivity index (χ2n) is 3.87. The lowest BCUT2D eigenvalue weighted by atomic mass is 10.1. The molecule has 2 nitrogen and oxygen atoms in total. The molecule has 0 spiro atoms. The third-order valence-electron chi connectivity index (χ3n) is 2.73. The van der Waals surface area contributed by atoms with Crippen molar-refractivity contribution in [2.24, 2.45) is 5.73 Å². The van der Waals surface area contributed by atoms with Gasteiger partial charge < -0.3 is 10.5 Å². The lowest BCUT2D eigenvalue weighted by Crippen LogP contribution is -2.16. The molecule has 1 atom stereocenters. The topological polar surface area (TPSA) is 35.2 Å². The third-order valence-corrected chi connectivity index (χ3v) is 4.91. The van der Waals surface area contributed by atoms with Crippen LogP contribution < -0.4 is 5.73 Å². The third kappa shape index (κ3) is 1.77. The molecule has 0 aliphatic carbocycles. The van der Waals surface area contributed by atoms with Crippen molar-refractivity contribution in [1.82, 2.24) is 0 Å². The van der Waals surface area contributed by atoms with E-state index < -0.39 is 0 Å². The number of ether oxygens (including phenoxy) is 1. The summed E-state index contributed by atoms with van der Waals surface area (Å²) < 4.78 is 8.26. The summed E-state index contributed by atoms with van der Waals surface area (Å²) in [6, 6.07) is 4.26. The van der Waals surface area contributed by atoms with Crippen molar-refractivity contribution in [1.29, 1.82) is 0 Å². The maximum Gasteiger partial charge on any atom is 0.114 e. The standard InChI is InChI=1S/C12H13NOS2/c13-12(8-3-1-2-5-14-8)11-7-10-9(16-11)4-6-15-10/h3-4,6-7,12H,1-2,5,13H2. The van der Waals surface area contributed by atoms with Gasteiger partial charge in [-0.25, -0.2) is 0 Å². The molecule has 2 N–H and O–H groups in total. The summed E-state index contributed by atoms with van der Waals surface area (Å²) in [5, 5.41) is 2.12. The minimum atomic E-state index is -0.0788. The minimum Gasteiger partial charge on any atom is -0.496 e. The van der Waals surface area contributed by atoms with Crippen molar-refractivity contribution in [3.05, 3.63) is 34.2 Å². The molecule has 2 aromatic heterocycles. The molecule has 1 aliphatic rings. The van der Waals surface area contributed by atoms with E-state index in [0.717, 1.165) is 25.2 Å². The van der Waals surface area contributed by atoms with Gasteiger partial charge in [0.1, 0.15) is 5.76 Å². The van der Waals surface area contributed by atoms with Gasteiger partial charge in [-0.2, -0.15) is 0 Å². The Morgan fingerprint density at radius 1 is 1.38 bits per heavy atom. The van der Waals surface area contributed by atoms with Gasteiger partial charge in [-0.3, -0.25) is 0 Å². The number of allylic oxidation sites excluding steroid dienone is 1. The average molecular weight is 251 g/mol. The fraction of sp³-hybridized carbons (Fsp3) is 0.333. The van der Waals surface area contributed by atoms with Crippen LogP contribution >= 0.6 is 22.7 Å². The summed E-state index contributed by atoms with van der Waals surface area (Å²) in [6.07, 6.45) is 4.32. The van der Waals surface area contributed by atoms with Crippen molar-refractivity contribution in [2.75, 3.05) is 6.61 Å². The van der Waals surface area contributed by atoms with Gasteiger partial charge in [0.05, 0.1) is 12.6 Å². The van der Waals surface area contributed by atoms with E-state index in [9.17, 15) is 0 Å². The molecule has 3 rings (SSSR count). The van der Waals surface area contributed by atoms with E-state index in [1.807, 2.05) is 0 Å². The van der Waals surface area contributed by atoms with Gasteiger partial charge in [-0.05, 0) is 36.4 Å². The molecule has 1 aliphatic heterocycles. The normalized spacial score (nSPS) is 18.2. The van der Waals surface area contributed by atoms with Crippen LogP contribution in [0.3, 0.4) is 0 Å². The summed E-state index contributed by atoms with van der Waals surface area (Å²) in [5.41, 5.74) is 6.21. The van der Waals surface area contributed by atoms with Crippen LogP contribution in [0.15, 0.2) is 29.3 Å². The van der Waals surface area contributed by atoms with Crippen LogP contribution in [-0.2, 0) is 4.74 Å². The van der Waals surface area contributed by atoms with E-state index in [1.165, 1.54) is 14.3 Å². The molecule has 16 heavy (non-hydrogen) atoms. The SMILES string of the molecule is NC(C1=CCCCO1)c1cc2sccc2s1. The molecular weight excluding hydrogens is 238 g/mol. The predicted molar refractivity (Wildman–Crippen MR) is 69.9 cm³/mol. The first-order valence-electron chi connectivity index (χ1n) is 5.40. The molecule has 0 bridgehead atoms. The molecule has 0 fully saturated rings. The summed E-state index contributed by atoms with van der Waals surface area (Å²) in [7, 11) is 0. The number of hydrogen-bond acceptors (Lipinski definition) is 4. The molecule has 0 saturated heterocycles. The van der Waals surface area contributed by atoms with E-state index in [4.69, 9.17) is 10.5 Å². The van der Waals surface area contributed by atoms with Gasteiger partial charge in [0.25, 0.3) is 0 Å². The maximum atomic E-state index is 6.21. The highest BCUT2D eigenvalue weighted by Gasteiger charge is 2.18. The number of nitrogens with two attached hydrogens (primary N) is 1. The zero-order valence-electron chi connectivity index (χ0n) is 8.81. The molecule has 2 aromatic rings. The zero-order valence-corrected chi connectivity index (χ0v) is 10.4. The largest absolute Gasteiger partial charge is 0.496 e. The fourth-order valence-corrected chi connectivity index (χ4v) is 4.00. The Morgan fingerprint density at radius 2 is 2.31 bits per heavy atom. The van der Waals surface area contributed by atoms with Gasteiger partial charge >= 0.3 is 0 Å². The molecule has 3 heterocycles. The van der Waals surface area contributed by atoms with Crippen LogP contribution in [0.2, 0.25) is 0 Å². The van der Waals surface area contributed by atoms with E-state index in [1.54, 1.807) is 22.7 Å². The van der Waals surface area contributed by atoms with Crippen molar-refractivity contribution in [3.8, 4) is 0 Å². The van der Waals surface area contributed by atoms with Crippen LogP contribution in [0.4, 0.5) is 0 Å². The summed E-state index contributed by atoms with van der Waals surface area (Å²) in [4.78, 5) is 1.20. The maximum absolute atomic E-state index is 6.21. The Morgan fingerprint density at radius 3 is 3.06 bits per heavy atom. The second kappa shape index (κ2) is 4.20. The smallest absolute Gasteiger partial charge is 0.114 e. The molecule has 0 aromatic carbocycles. The molecule has 4 heteroatoms. The molecule has 84 valence electrons. The van der Waals surface area contributed by atoms with Gasteiger partial charge in [-0.15, -0.1) is 22.7 Å². The van der Waals surface area contributed by atoms with Crippen molar-refractivity contribution >= 4 is 32.1 Å². The summed E-state index contributed by atoms with van der Waals surface area (Å²) in [6.45, 7) is 0.805. The van der Waals surface area contributed by atoms with E-state index in [-0.39, 0.29) is 6.04 Å². The number of hydrogen-bond donors (Lipinski definition) is 1. The van der Waals surface area contributed by atoms with Gasteiger partial charge in [-0.1, -0.05) is 0 Å². The van der Waals surface area contributed by atoms with Gasteiger partial charge in [0.15, 0.2) is 0 Å². The predicted octanol–water partition coefficient (Wildman–Crippen LogP) is 3.66. The first kappa shape index (κ1) is 10.3. The fourth-order valence-electron chi connectivity index (χ4n) is 1.87. The molecule has 0 saturated carbocycles. The number of rotatable bonds is 2. The highest BCUT2D eigenvalue weighted by molar-refractivity contribution is 7.26. The highest BCUT2D eigenvalue weighted by atomic mass is 32.1. The first-order valence-corrected chi connectivity index (χ1v) is 7.09. The van der Waals surface area contributed by atoms with Crippen LogP contribution in [0.1, 0.15) is 23.8 Å². The summed E-state index contributed by atoms with van der Waals surface area (Å²) >= 11 is 3.54. The Hall–Kier alpha value is -0.840. The van der Waals surface area contributed by atoms with Crippen molar-refractivity contribution < 1.29 is 4.74 Å². The second-order valence-corrected chi connectivity index (χ2v) is 5.94. The molecule has 1 unspecified atom stereocenters. The van der Waals surface area contributed by atoms with Crippen molar-refractivity contribution in [2.45, 2.75) is 18.9 Å². The van der Waals surface area contributed by atoms with Gasteiger partial charge in [0, 0.05) is 14.3 Å². The highest BCUT2D eigenvalue weighted by Crippen LogP contribution is 2.35. The van der Waals surface area contributed by atoms with Gasteiger partial charge in [0.2, 0.25) is 0 Å². The molecule has 0 amide bonds. The molecular formula is C12H13NOS2. The Balaban J connectivity index is 1.91. The Labute approximate surface area is 102 Å². The number of fused-ring (bicyclic) bond motifs is 1. The van der Waals surface area contributed by atoms with E-state index in [2.05, 4.69) is 23.6 Å². The van der Waals surface area contributed by atoms with Crippen molar-refractivity contribution in [3.63, 3.8) is 0 Å². The minimum absolute atomic E-state index is 0.0788. The average Bonchev–Trinajstić information content (AvgIpc) is 2.89. The lowest BCUT2D eigenvalue weighted by Gasteiger charge is -2.19. The number of thiophene rings is 2. The summed E-state index contributed by atoms with van der Waals surface area (Å²) in [5.74, 6) is 0.945. The Bertz CT molecular complexity index is 497. The molecule has 0 radical (unpaired) electrons. The Kier molecular flexibility index (Phi) is 2.71. The van der Waals surface area contributed by atoms with Crippen LogP contribution in [0, 0.1) is 0 Å². The monoisotopic (exact) mass is 251 g/mol. The zero-order chi connectivity index (χ0) is 11.0. The first-order chi connectivity index (χ1) is 7.84.